The minimum absolute atomic E-state index is 0.0520. The molecule has 3 unspecified atom stereocenters. The Hall–Kier alpha value is -3.68. The molecule has 44 heavy (non-hydrogen) atoms. The number of ether oxygens (including phenoxy) is 4. The molecule has 0 saturated carbocycles. The lowest BCUT2D eigenvalue weighted by Crippen LogP contribution is -2.74. The quantitative estimate of drug-likeness (QED) is 0.155. The molecule has 4 aliphatic rings. The highest BCUT2D eigenvalue weighted by atomic mass is 16.6. The second kappa shape index (κ2) is 12.0. The van der Waals surface area contributed by atoms with E-state index in [1.54, 1.807) is 12.1 Å². The average molecular weight is 616 g/mol. The molecule has 240 valence electrons. The standard InChI is InChI=1S/C31H41N3O10/c1-16(42-29(39)20(33-18(3)35)7-5-6-13-32)27(37)41-17(2)28(38)43-22-10-11-31(40)23-15-19-8-9-21(36)25-24(19)30(31,26(22)44-25)12-14-34(23)4/h8-10,16-17,20,23,26,36,40H,5-7,11-15,32H2,1-4H3,(H,33,35)/t16?,17?,20?,23-,26+,30+,31-/m1/s1. The summed E-state index contributed by atoms with van der Waals surface area (Å²) in [6, 6.07) is 2.27. The summed E-state index contributed by atoms with van der Waals surface area (Å²) >= 11 is 0. The van der Waals surface area contributed by atoms with Gasteiger partial charge in [-0.3, -0.25) is 4.79 Å². The molecule has 1 saturated heterocycles. The van der Waals surface area contributed by atoms with Crippen molar-refractivity contribution in [3.8, 4) is 11.5 Å². The third kappa shape index (κ3) is 5.20. The molecule has 1 aromatic rings. The van der Waals surface area contributed by atoms with Crippen LogP contribution in [0.15, 0.2) is 24.0 Å². The van der Waals surface area contributed by atoms with E-state index < -0.39 is 59.2 Å². The molecule has 1 aromatic carbocycles. The maximum atomic E-state index is 13.2. The zero-order valence-electron chi connectivity index (χ0n) is 25.5. The number of piperidine rings is 1. The normalized spacial score (nSPS) is 28.4. The van der Waals surface area contributed by atoms with Gasteiger partial charge < -0.3 is 45.1 Å². The van der Waals surface area contributed by atoms with Gasteiger partial charge in [-0.1, -0.05) is 6.07 Å². The Morgan fingerprint density at radius 1 is 1.14 bits per heavy atom. The van der Waals surface area contributed by atoms with E-state index in [1.807, 2.05) is 13.1 Å². The number of aromatic hydroxyl groups is 1. The zero-order valence-corrected chi connectivity index (χ0v) is 25.5. The minimum Gasteiger partial charge on any atom is -0.504 e. The van der Waals surface area contributed by atoms with E-state index in [0.29, 0.717) is 38.8 Å². The van der Waals surface area contributed by atoms with Crippen molar-refractivity contribution < 1.29 is 48.3 Å². The molecule has 0 radical (unpaired) electrons. The highest BCUT2D eigenvalue weighted by Crippen LogP contribution is 2.65. The molecule has 5 rings (SSSR count). The number of hydrogen-bond donors (Lipinski definition) is 4. The maximum Gasteiger partial charge on any atom is 0.352 e. The number of esters is 3. The van der Waals surface area contributed by atoms with Crippen LogP contribution in [0.4, 0.5) is 0 Å². The second-order valence-corrected chi connectivity index (χ2v) is 12.2. The van der Waals surface area contributed by atoms with E-state index >= 15 is 0 Å². The maximum absolute atomic E-state index is 13.2. The highest BCUT2D eigenvalue weighted by Gasteiger charge is 2.72. The Bertz CT molecular complexity index is 1380. The predicted octanol–water partition coefficient (Wildman–Crippen LogP) is 0.710. The Kier molecular flexibility index (Phi) is 8.67. The summed E-state index contributed by atoms with van der Waals surface area (Å²) in [5.41, 5.74) is 5.08. The zero-order chi connectivity index (χ0) is 32.0. The average Bonchev–Trinajstić information content (AvgIpc) is 3.33. The molecule has 5 N–H and O–H groups in total. The first-order chi connectivity index (χ1) is 20.8. The number of likely N-dealkylation sites (N-methyl/N-ethyl adjacent to an activating group) is 1. The number of likely N-dealkylation sites (tertiary alicyclic amines) is 1. The number of benzene rings is 1. The monoisotopic (exact) mass is 615 g/mol. The van der Waals surface area contributed by atoms with Crippen molar-refractivity contribution in [3.05, 3.63) is 35.1 Å². The van der Waals surface area contributed by atoms with Crippen molar-refractivity contribution in [2.24, 2.45) is 5.73 Å². The topological polar surface area (TPSA) is 187 Å². The largest absolute Gasteiger partial charge is 0.504 e. The van der Waals surface area contributed by atoms with Crippen LogP contribution in [0.1, 0.15) is 64.0 Å². The molecule has 1 amide bonds. The lowest BCUT2D eigenvalue weighted by molar-refractivity contribution is -0.180. The van der Waals surface area contributed by atoms with Gasteiger partial charge in [0.05, 0.1) is 11.0 Å². The van der Waals surface area contributed by atoms with Gasteiger partial charge in [-0.2, -0.15) is 0 Å². The van der Waals surface area contributed by atoms with Crippen molar-refractivity contribution in [2.75, 3.05) is 20.1 Å². The molecule has 1 spiro atoms. The third-order valence-corrected chi connectivity index (χ3v) is 9.43. The van der Waals surface area contributed by atoms with Crippen molar-refractivity contribution >= 4 is 23.8 Å². The van der Waals surface area contributed by atoms with E-state index in [0.717, 1.165) is 11.1 Å². The fraction of sp³-hybridized carbons (Fsp3) is 0.613. The van der Waals surface area contributed by atoms with Crippen LogP contribution in [0, 0.1) is 0 Å². The molecule has 0 aromatic heterocycles. The van der Waals surface area contributed by atoms with Gasteiger partial charge >= 0.3 is 17.9 Å². The van der Waals surface area contributed by atoms with E-state index in [-0.39, 0.29) is 36.1 Å². The first kappa shape index (κ1) is 31.7. The van der Waals surface area contributed by atoms with Gasteiger partial charge in [-0.05, 0) is 83.8 Å². The van der Waals surface area contributed by atoms with Gasteiger partial charge in [-0.25, -0.2) is 14.4 Å². The lowest BCUT2D eigenvalue weighted by Gasteiger charge is -2.61. The van der Waals surface area contributed by atoms with Crippen molar-refractivity contribution in [1.82, 2.24) is 10.2 Å². The Morgan fingerprint density at radius 3 is 2.55 bits per heavy atom. The summed E-state index contributed by atoms with van der Waals surface area (Å²) in [5, 5.41) is 25.4. The van der Waals surface area contributed by atoms with Gasteiger partial charge in [-0.15, -0.1) is 0 Å². The van der Waals surface area contributed by atoms with Crippen LogP contribution in [-0.2, 0) is 45.2 Å². The number of carbonyl (C=O) groups excluding carboxylic acids is 4. The van der Waals surface area contributed by atoms with Crippen LogP contribution in [0.25, 0.3) is 0 Å². The molecule has 2 bridgehead atoms. The van der Waals surface area contributed by atoms with Gasteiger partial charge in [0, 0.05) is 24.9 Å². The predicted molar refractivity (Wildman–Crippen MR) is 154 cm³/mol. The first-order valence-corrected chi connectivity index (χ1v) is 15.1. The molecule has 13 heteroatoms. The number of nitrogens with two attached hydrogens (primary N) is 1. The number of amides is 1. The van der Waals surface area contributed by atoms with Crippen LogP contribution in [-0.4, -0.2) is 95.1 Å². The molecule has 2 heterocycles. The number of phenolic OH excluding ortho intramolecular Hbond substituents is 1. The van der Waals surface area contributed by atoms with E-state index in [2.05, 4.69) is 10.2 Å². The molecule has 13 nitrogen and oxygen atoms in total. The molecular formula is C31H41N3O10. The summed E-state index contributed by atoms with van der Waals surface area (Å²) in [6.45, 7) is 5.01. The lowest BCUT2D eigenvalue weighted by atomic mass is 9.50. The minimum atomic E-state index is -1.37. The fourth-order valence-corrected chi connectivity index (χ4v) is 7.25. The van der Waals surface area contributed by atoms with Gasteiger partial charge in [0.2, 0.25) is 5.91 Å². The smallest absolute Gasteiger partial charge is 0.352 e. The van der Waals surface area contributed by atoms with Gasteiger partial charge in [0.25, 0.3) is 0 Å². The number of aliphatic hydroxyl groups is 1. The van der Waals surface area contributed by atoms with Crippen LogP contribution in [0.2, 0.25) is 0 Å². The van der Waals surface area contributed by atoms with Crippen LogP contribution in [0.5, 0.6) is 11.5 Å². The highest BCUT2D eigenvalue weighted by molar-refractivity contribution is 5.86. The van der Waals surface area contributed by atoms with Gasteiger partial charge in [0.15, 0.2) is 29.8 Å². The summed E-state index contributed by atoms with van der Waals surface area (Å²) in [6.07, 6.45) is 0.821. The van der Waals surface area contributed by atoms with Gasteiger partial charge in [0.1, 0.15) is 11.8 Å². The van der Waals surface area contributed by atoms with Crippen LogP contribution >= 0.6 is 0 Å². The molecule has 1 fully saturated rings. The molecule has 2 aliphatic carbocycles. The SMILES string of the molecule is CC(=O)NC(CCCCN)C(=O)OC(C)C(=O)OC(C)C(=O)OC1=CC[C@@]2(O)[C@H]3Cc4ccc(O)c5c4[C@@]2(CCN3C)[C@H]1O5. The summed E-state index contributed by atoms with van der Waals surface area (Å²) in [4.78, 5) is 52.3. The van der Waals surface area contributed by atoms with E-state index in [1.165, 1.54) is 20.8 Å². The Balaban J connectivity index is 1.26. The number of nitrogens with zero attached hydrogens (tertiary/aromatic N) is 1. The fourth-order valence-electron chi connectivity index (χ4n) is 7.25. The van der Waals surface area contributed by atoms with Crippen LogP contribution in [0.3, 0.4) is 0 Å². The Morgan fingerprint density at radius 2 is 1.84 bits per heavy atom. The second-order valence-electron chi connectivity index (χ2n) is 12.2. The van der Waals surface area contributed by atoms with Crippen molar-refractivity contribution in [2.45, 2.75) is 101 Å². The third-order valence-electron chi connectivity index (χ3n) is 9.43. The number of phenols is 1. The molecular weight excluding hydrogens is 574 g/mol. The number of rotatable bonds is 11. The molecule has 2 aliphatic heterocycles. The first-order valence-electron chi connectivity index (χ1n) is 15.1. The number of carbonyl (C=O) groups is 4. The Labute approximate surface area is 255 Å². The van der Waals surface area contributed by atoms with Crippen molar-refractivity contribution in [3.63, 3.8) is 0 Å². The summed E-state index contributed by atoms with van der Waals surface area (Å²) in [7, 11) is 1.97. The number of nitrogens with one attached hydrogen (secondary N) is 1. The summed E-state index contributed by atoms with van der Waals surface area (Å²) in [5.74, 6) is -2.68. The van der Waals surface area contributed by atoms with Crippen molar-refractivity contribution in [1.29, 1.82) is 0 Å². The number of unbranched alkanes of at least 4 members (excludes halogenated alkanes) is 1. The summed E-state index contributed by atoms with van der Waals surface area (Å²) < 4.78 is 22.5. The van der Waals surface area contributed by atoms with Crippen LogP contribution < -0.4 is 15.8 Å². The van der Waals surface area contributed by atoms with E-state index in [9.17, 15) is 29.4 Å². The molecule has 7 atom stereocenters. The van der Waals surface area contributed by atoms with E-state index in [4.69, 9.17) is 24.7 Å². The number of hydrogen-bond acceptors (Lipinski definition) is 12.